The molecule has 1 fully saturated rings. The van der Waals surface area contributed by atoms with Crippen molar-refractivity contribution >= 4 is 5.97 Å². The molecule has 0 bridgehead atoms. The highest BCUT2D eigenvalue weighted by Crippen LogP contribution is 2.17. The Hall–Kier alpha value is -2.08. The summed E-state index contributed by atoms with van der Waals surface area (Å²) in [7, 11) is 1.37. The lowest BCUT2D eigenvalue weighted by atomic mass is 10.1. The van der Waals surface area contributed by atoms with Crippen LogP contribution in [0.3, 0.4) is 0 Å². The van der Waals surface area contributed by atoms with Gasteiger partial charge < -0.3 is 9.47 Å². The average molecular weight is 304 g/mol. The minimum absolute atomic E-state index is 0.203. The van der Waals surface area contributed by atoms with Gasteiger partial charge in [-0.3, -0.25) is 9.69 Å². The first-order chi connectivity index (χ1) is 10.7. The van der Waals surface area contributed by atoms with Crippen molar-refractivity contribution in [1.29, 1.82) is 0 Å². The standard InChI is InChI=1S/C15H20N4O3/c1-21-15(20)7-13-10-19(9-12-5-3-2-4-6-12)11-14(22-13)8-17-18-16/h2-6,13-14H,7-11H2,1H3/t13-,14-/m1/s1. The Morgan fingerprint density at radius 3 is 2.82 bits per heavy atom. The van der Waals surface area contributed by atoms with Crippen LogP contribution in [0, 0.1) is 0 Å². The molecule has 118 valence electrons. The molecule has 1 saturated heterocycles. The van der Waals surface area contributed by atoms with E-state index in [1.807, 2.05) is 18.2 Å². The Labute approximate surface area is 129 Å². The fourth-order valence-corrected chi connectivity index (χ4v) is 2.59. The summed E-state index contributed by atoms with van der Waals surface area (Å²) < 4.78 is 10.5. The molecule has 1 aromatic carbocycles. The van der Waals surface area contributed by atoms with Crippen molar-refractivity contribution in [2.24, 2.45) is 5.11 Å². The Morgan fingerprint density at radius 1 is 1.41 bits per heavy atom. The van der Waals surface area contributed by atoms with Crippen LogP contribution in [0.4, 0.5) is 0 Å². The van der Waals surface area contributed by atoms with Crippen molar-refractivity contribution in [1.82, 2.24) is 4.90 Å². The minimum atomic E-state index is -0.297. The molecule has 22 heavy (non-hydrogen) atoms. The molecule has 0 N–H and O–H groups in total. The fraction of sp³-hybridized carbons (Fsp3) is 0.533. The van der Waals surface area contributed by atoms with Gasteiger partial charge in [-0.05, 0) is 11.1 Å². The van der Waals surface area contributed by atoms with Crippen LogP contribution in [0.5, 0.6) is 0 Å². The molecular weight excluding hydrogens is 284 g/mol. The van der Waals surface area contributed by atoms with E-state index in [1.54, 1.807) is 0 Å². The SMILES string of the molecule is COC(=O)C[C@@H]1CN(Cc2ccccc2)C[C@@H](CN=[N+]=[N-])O1. The third-order valence-corrected chi connectivity index (χ3v) is 3.53. The number of rotatable bonds is 6. The van der Waals surface area contributed by atoms with Gasteiger partial charge in [0.25, 0.3) is 0 Å². The van der Waals surface area contributed by atoms with Crippen LogP contribution in [0.25, 0.3) is 10.4 Å². The Balaban J connectivity index is 2.00. The number of nitrogens with zero attached hydrogens (tertiary/aromatic N) is 4. The molecule has 0 radical (unpaired) electrons. The van der Waals surface area contributed by atoms with E-state index in [4.69, 9.17) is 15.0 Å². The molecule has 1 aliphatic rings. The number of azide groups is 1. The van der Waals surface area contributed by atoms with Gasteiger partial charge >= 0.3 is 5.97 Å². The number of benzene rings is 1. The summed E-state index contributed by atoms with van der Waals surface area (Å²) in [4.78, 5) is 16.5. The third-order valence-electron chi connectivity index (χ3n) is 3.53. The van der Waals surface area contributed by atoms with Crippen molar-refractivity contribution in [3.63, 3.8) is 0 Å². The highest BCUT2D eigenvalue weighted by Gasteiger charge is 2.29. The number of carbonyl (C=O) groups is 1. The van der Waals surface area contributed by atoms with E-state index < -0.39 is 0 Å². The molecule has 2 atom stereocenters. The smallest absolute Gasteiger partial charge is 0.308 e. The lowest BCUT2D eigenvalue weighted by molar-refractivity contribution is -0.149. The van der Waals surface area contributed by atoms with Gasteiger partial charge in [0.15, 0.2) is 0 Å². The summed E-state index contributed by atoms with van der Waals surface area (Å²) in [6.07, 6.45) is -0.249. The second kappa shape index (κ2) is 8.38. The zero-order valence-corrected chi connectivity index (χ0v) is 12.6. The third kappa shape index (κ3) is 5.04. The number of morpholine rings is 1. The molecule has 7 heteroatoms. The van der Waals surface area contributed by atoms with E-state index >= 15 is 0 Å². The van der Waals surface area contributed by atoms with Crippen molar-refractivity contribution in [2.45, 2.75) is 25.2 Å². The summed E-state index contributed by atoms with van der Waals surface area (Å²) in [5.74, 6) is -0.297. The van der Waals surface area contributed by atoms with E-state index in [9.17, 15) is 4.79 Å². The van der Waals surface area contributed by atoms with Gasteiger partial charge in [0.2, 0.25) is 0 Å². The normalized spacial score (nSPS) is 21.9. The van der Waals surface area contributed by atoms with Gasteiger partial charge in [0, 0.05) is 24.5 Å². The van der Waals surface area contributed by atoms with Gasteiger partial charge in [-0.25, -0.2) is 0 Å². The number of esters is 1. The number of methoxy groups -OCH3 is 1. The van der Waals surface area contributed by atoms with Gasteiger partial charge in [-0.1, -0.05) is 35.4 Å². The maximum absolute atomic E-state index is 11.5. The fourth-order valence-electron chi connectivity index (χ4n) is 2.59. The maximum atomic E-state index is 11.5. The molecule has 0 spiro atoms. The van der Waals surface area contributed by atoms with E-state index in [-0.39, 0.29) is 31.1 Å². The first-order valence-corrected chi connectivity index (χ1v) is 7.20. The average Bonchev–Trinajstić information content (AvgIpc) is 2.53. The maximum Gasteiger partial charge on any atom is 0.308 e. The molecule has 2 rings (SSSR count). The molecule has 1 heterocycles. The molecule has 1 aromatic rings. The molecule has 0 aromatic heterocycles. The summed E-state index contributed by atoms with van der Waals surface area (Å²) >= 11 is 0. The second-order valence-electron chi connectivity index (χ2n) is 5.25. The molecule has 1 aliphatic heterocycles. The van der Waals surface area contributed by atoms with Crippen LogP contribution in [0.2, 0.25) is 0 Å². The van der Waals surface area contributed by atoms with Crippen LogP contribution in [0.1, 0.15) is 12.0 Å². The Bertz CT molecular complexity index is 531. The zero-order chi connectivity index (χ0) is 15.8. The quantitative estimate of drug-likeness (QED) is 0.348. The van der Waals surface area contributed by atoms with Crippen molar-refractivity contribution in [3.8, 4) is 0 Å². The van der Waals surface area contributed by atoms with E-state index in [0.717, 1.165) is 6.54 Å². The van der Waals surface area contributed by atoms with Crippen LogP contribution in [-0.4, -0.2) is 49.8 Å². The molecular formula is C15H20N4O3. The summed E-state index contributed by atoms with van der Waals surface area (Å²) in [6, 6.07) is 10.1. The topological polar surface area (TPSA) is 87.5 Å². The van der Waals surface area contributed by atoms with Crippen LogP contribution < -0.4 is 0 Å². The van der Waals surface area contributed by atoms with Crippen LogP contribution >= 0.6 is 0 Å². The highest BCUT2D eigenvalue weighted by molar-refractivity contribution is 5.69. The predicted octanol–water partition coefficient (Wildman–Crippen LogP) is 2.13. The highest BCUT2D eigenvalue weighted by atomic mass is 16.5. The molecule has 0 amide bonds. The van der Waals surface area contributed by atoms with Gasteiger partial charge in [-0.15, -0.1) is 0 Å². The Morgan fingerprint density at radius 2 is 2.14 bits per heavy atom. The monoisotopic (exact) mass is 304 g/mol. The Kier molecular flexibility index (Phi) is 6.21. The first-order valence-electron chi connectivity index (χ1n) is 7.20. The number of hydrogen-bond donors (Lipinski definition) is 0. The summed E-state index contributed by atoms with van der Waals surface area (Å²) in [6.45, 7) is 2.36. The molecule has 0 aliphatic carbocycles. The molecule has 7 nitrogen and oxygen atoms in total. The largest absolute Gasteiger partial charge is 0.469 e. The number of hydrogen-bond acceptors (Lipinski definition) is 5. The number of ether oxygens (including phenoxy) is 2. The minimum Gasteiger partial charge on any atom is -0.469 e. The van der Waals surface area contributed by atoms with E-state index in [2.05, 4.69) is 27.1 Å². The van der Waals surface area contributed by atoms with Crippen molar-refractivity contribution in [2.75, 3.05) is 26.7 Å². The molecule has 0 unspecified atom stereocenters. The zero-order valence-electron chi connectivity index (χ0n) is 12.6. The first kappa shape index (κ1) is 16.3. The summed E-state index contributed by atoms with van der Waals surface area (Å²) in [5, 5.41) is 3.58. The molecule has 0 saturated carbocycles. The predicted molar refractivity (Wildman–Crippen MR) is 81.0 cm³/mol. The van der Waals surface area contributed by atoms with Crippen molar-refractivity contribution in [3.05, 3.63) is 46.3 Å². The van der Waals surface area contributed by atoms with E-state index in [0.29, 0.717) is 13.1 Å². The van der Waals surface area contributed by atoms with Gasteiger partial charge in [0.1, 0.15) is 0 Å². The van der Waals surface area contributed by atoms with Gasteiger partial charge in [-0.2, -0.15) is 0 Å². The van der Waals surface area contributed by atoms with Crippen LogP contribution in [-0.2, 0) is 20.8 Å². The summed E-state index contributed by atoms with van der Waals surface area (Å²) in [5.41, 5.74) is 9.66. The lowest BCUT2D eigenvalue weighted by Crippen LogP contribution is -2.48. The second-order valence-corrected chi connectivity index (χ2v) is 5.25. The van der Waals surface area contributed by atoms with Gasteiger partial charge in [0.05, 0.1) is 32.3 Å². The lowest BCUT2D eigenvalue weighted by Gasteiger charge is -2.37. The van der Waals surface area contributed by atoms with E-state index in [1.165, 1.54) is 12.7 Å². The number of carbonyl (C=O) groups excluding carboxylic acids is 1. The van der Waals surface area contributed by atoms with Crippen LogP contribution in [0.15, 0.2) is 35.4 Å². The van der Waals surface area contributed by atoms with Crippen molar-refractivity contribution < 1.29 is 14.3 Å².